The molecule has 0 fully saturated rings. The van der Waals surface area contributed by atoms with Gasteiger partial charge in [-0.3, -0.25) is 0 Å². The van der Waals surface area contributed by atoms with Gasteiger partial charge < -0.3 is 14.8 Å². The predicted molar refractivity (Wildman–Crippen MR) is 124 cm³/mol. The van der Waals surface area contributed by atoms with E-state index in [1.165, 1.54) is 28.6 Å². The van der Waals surface area contributed by atoms with Gasteiger partial charge in [0.25, 0.3) is 0 Å². The number of aryl methyl sites for hydroxylation is 1. The molecule has 174 valence electrons. The summed E-state index contributed by atoms with van der Waals surface area (Å²) < 4.78 is 42.8. The SMILES string of the molecule is CC(C)[C@@H]1c2cccn2-c2sc3c(c2CN1C(=O)Nc1ccccc1C(F)(F)F)CCCC3. The van der Waals surface area contributed by atoms with Crippen LogP contribution in [0.4, 0.5) is 23.7 Å². The number of hydrogen-bond acceptors (Lipinski definition) is 2. The van der Waals surface area contributed by atoms with E-state index in [2.05, 4.69) is 9.88 Å². The molecule has 2 aromatic heterocycles. The Hall–Kier alpha value is -2.74. The van der Waals surface area contributed by atoms with Crippen molar-refractivity contribution in [3.05, 3.63) is 69.9 Å². The van der Waals surface area contributed by atoms with E-state index in [0.717, 1.165) is 48.0 Å². The molecule has 2 amide bonds. The Bertz CT molecular complexity index is 1190. The van der Waals surface area contributed by atoms with Crippen LogP contribution >= 0.6 is 11.3 Å². The van der Waals surface area contributed by atoms with Crippen LogP contribution in [0.5, 0.6) is 0 Å². The molecule has 4 nitrogen and oxygen atoms in total. The Kier molecular flexibility index (Phi) is 5.51. The Morgan fingerprint density at radius 2 is 1.85 bits per heavy atom. The molecule has 0 spiro atoms. The summed E-state index contributed by atoms with van der Waals surface area (Å²) in [7, 11) is 0. The van der Waals surface area contributed by atoms with Crippen LogP contribution in [-0.2, 0) is 25.6 Å². The van der Waals surface area contributed by atoms with Crippen LogP contribution in [0.25, 0.3) is 5.00 Å². The quantitative estimate of drug-likeness (QED) is 0.421. The Morgan fingerprint density at radius 3 is 2.61 bits per heavy atom. The monoisotopic (exact) mass is 473 g/mol. The number of hydrogen-bond donors (Lipinski definition) is 1. The third-order valence-corrected chi connectivity index (χ3v) is 7.93. The molecule has 3 heterocycles. The lowest BCUT2D eigenvalue weighted by molar-refractivity contribution is -0.136. The number of benzene rings is 1. The van der Waals surface area contributed by atoms with E-state index in [1.807, 2.05) is 32.2 Å². The zero-order valence-corrected chi connectivity index (χ0v) is 19.4. The molecule has 0 unspecified atom stereocenters. The fourth-order valence-electron chi connectivity index (χ4n) is 5.15. The second-order valence-electron chi connectivity index (χ2n) is 9.09. The van der Waals surface area contributed by atoms with E-state index in [-0.39, 0.29) is 17.6 Å². The van der Waals surface area contributed by atoms with Gasteiger partial charge in [-0.2, -0.15) is 13.2 Å². The zero-order chi connectivity index (χ0) is 23.3. The number of urea groups is 1. The number of carbonyl (C=O) groups is 1. The molecule has 8 heteroatoms. The molecule has 1 atom stereocenters. The van der Waals surface area contributed by atoms with Crippen molar-refractivity contribution in [1.82, 2.24) is 9.47 Å². The maximum atomic E-state index is 13.6. The molecule has 3 aromatic rings. The largest absolute Gasteiger partial charge is 0.418 e. The molecular weight excluding hydrogens is 447 g/mol. The number of amides is 2. The number of halogens is 3. The van der Waals surface area contributed by atoms with Crippen LogP contribution in [0.3, 0.4) is 0 Å². The molecular formula is C25H26F3N3OS. The van der Waals surface area contributed by atoms with Gasteiger partial charge in [0.2, 0.25) is 0 Å². The average Bonchev–Trinajstić information content (AvgIpc) is 3.34. The average molecular weight is 474 g/mol. The molecule has 0 saturated carbocycles. The summed E-state index contributed by atoms with van der Waals surface area (Å²) in [6.07, 6.45) is 1.80. The summed E-state index contributed by atoms with van der Waals surface area (Å²) in [6, 6.07) is 8.36. The smallest absolute Gasteiger partial charge is 0.311 e. The van der Waals surface area contributed by atoms with Crippen LogP contribution in [-0.4, -0.2) is 15.5 Å². The molecule has 1 aliphatic heterocycles. The second-order valence-corrected chi connectivity index (χ2v) is 10.2. The van der Waals surface area contributed by atoms with E-state index in [9.17, 15) is 18.0 Å². The van der Waals surface area contributed by atoms with Crippen molar-refractivity contribution in [2.24, 2.45) is 5.92 Å². The number of aromatic nitrogens is 1. The number of nitrogens with one attached hydrogen (secondary N) is 1. The highest BCUT2D eigenvalue weighted by Gasteiger charge is 2.38. The summed E-state index contributed by atoms with van der Waals surface area (Å²) in [5.41, 5.74) is 2.38. The summed E-state index contributed by atoms with van der Waals surface area (Å²) in [5.74, 6) is 0.0760. The van der Waals surface area contributed by atoms with Gasteiger partial charge in [0.15, 0.2) is 0 Å². The van der Waals surface area contributed by atoms with Gasteiger partial charge in [-0.05, 0) is 61.4 Å². The first-order valence-corrected chi connectivity index (χ1v) is 12.1. The van der Waals surface area contributed by atoms with Crippen molar-refractivity contribution in [3.63, 3.8) is 0 Å². The van der Waals surface area contributed by atoms with Gasteiger partial charge in [-0.15, -0.1) is 11.3 Å². The third-order valence-electron chi connectivity index (χ3n) is 6.59. The molecule has 0 bridgehead atoms. The Morgan fingerprint density at radius 1 is 1.09 bits per heavy atom. The maximum Gasteiger partial charge on any atom is 0.418 e. The van der Waals surface area contributed by atoms with E-state index >= 15 is 0 Å². The minimum absolute atomic E-state index is 0.0760. The van der Waals surface area contributed by atoms with E-state index in [4.69, 9.17) is 0 Å². The van der Waals surface area contributed by atoms with Gasteiger partial charge in [0.1, 0.15) is 5.00 Å². The summed E-state index contributed by atoms with van der Waals surface area (Å²) in [4.78, 5) is 16.7. The minimum Gasteiger partial charge on any atom is -0.311 e. The number of para-hydroxylation sites is 1. The fraction of sp³-hybridized carbons (Fsp3) is 0.400. The summed E-state index contributed by atoms with van der Waals surface area (Å²) >= 11 is 1.79. The van der Waals surface area contributed by atoms with E-state index < -0.39 is 17.8 Å². The van der Waals surface area contributed by atoms with Crippen LogP contribution in [0.15, 0.2) is 42.6 Å². The van der Waals surface area contributed by atoms with Crippen molar-refractivity contribution in [1.29, 1.82) is 0 Å². The highest BCUT2D eigenvalue weighted by Crippen LogP contribution is 2.44. The fourth-order valence-corrected chi connectivity index (χ4v) is 6.55. The van der Waals surface area contributed by atoms with Crippen molar-refractivity contribution in [2.45, 2.75) is 58.3 Å². The van der Waals surface area contributed by atoms with Crippen LogP contribution in [0, 0.1) is 5.92 Å². The molecule has 5 rings (SSSR count). The van der Waals surface area contributed by atoms with Gasteiger partial charge in [0, 0.05) is 22.3 Å². The molecule has 33 heavy (non-hydrogen) atoms. The maximum absolute atomic E-state index is 13.6. The van der Waals surface area contributed by atoms with Gasteiger partial charge >= 0.3 is 12.2 Å². The first kappa shape index (κ1) is 22.1. The lowest BCUT2D eigenvalue weighted by Crippen LogP contribution is -2.40. The highest BCUT2D eigenvalue weighted by atomic mass is 32.1. The molecule has 1 N–H and O–H groups in total. The van der Waals surface area contributed by atoms with Gasteiger partial charge in [0.05, 0.1) is 23.8 Å². The first-order chi connectivity index (χ1) is 15.8. The third kappa shape index (κ3) is 3.84. The van der Waals surface area contributed by atoms with Crippen molar-refractivity contribution in [2.75, 3.05) is 5.32 Å². The molecule has 1 aliphatic carbocycles. The molecule has 0 saturated heterocycles. The standard InChI is InChI=1S/C25H26F3N3OS/c1-15(2)22-20-11-7-13-30(20)23-17(16-8-3-6-12-21(16)33-23)14-31(22)24(32)29-19-10-5-4-9-18(19)25(26,27)28/h4-5,7,9-11,13,15,22H,3,6,8,12,14H2,1-2H3,(H,29,32)/t22-/m1/s1. The number of fused-ring (bicyclic) bond motifs is 5. The molecule has 1 aromatic carbocycles. The topological polar surface area (TPSA) is 37.3 Å². The summed E-state index contributed by atoms with van der Waals surface area (Å²) in [6.45, 7) is 4.47. The number of carbonyl (C=O) groups excluding carboxylic acids is 1. The minimum atomic E-state index is -4.55. The zero-order valence-electron chi connectivity index (χ0n) is 18.6. The lowest BCUT2D eigenvalue weighted by atomic mass is 9.94. The lowest BCUT2D eigenvalue weighted by Gasteiger charge is -2.34. The molecule has 2 aliphatic rings. The van der Waals surface area contributed by atoms with Gasteiger partial charge in [-0.25, -0.2) is 4.79 Å². The number of alkyl halides is 3. The number of nitrogens with zero attached hydrogens (tertiary/aromatic N) is 2. The van der Waals surface area contributed by atoms with Crippen LogP contribution in [0.1, 0.15) is 60.0 Å². The van der Waals surface area contributed by atoms with Crippen LogP contribution in [0.2, 0.25) is 0 Å². The number of thiophene rings is 1. The Balaban J connectivity index is 1.59. The number of rotatable bonds is 2. The second kappa shape index (κ2) is 8.24. The van der Waals surface area contributed by atoms with Crippen molar-refractivity contribution in [3.8, 4) is 5.00 Å². The summed E-state index contributed by atoms with van der Waals surface area (Å²) in [5, 5.41) is 3.72. The predicted octanol–water partition coefficient (Wildman–Crippen LogP) is 7.18. The van der Waals surface area contributed by atoms with E-state index in [0.29, 0.717) is 6.54 Å². The van der Waals surface area contributed by atoms with E-state index in [1.54, 1.807) is 16.2 Å². The number of anilines is 1. The highest BCUT2D eigenvalue weighted by molar-refractivity contribution is 7.15. The first-order valence-electron chi connectivity index (χ1n) is 11.3. The van der Waals surface area contributed by atoms with Crippen molar-refractivity contribution < 1.29 is 18.0 Å². The normalized spacial score (nSPS) is 17.9. The van der Waals surface area contributed by atoms with Crippen LogP contribution < -0.4 is 5.32 Å². The molecule has 0 radical (unpaired) electrons. The van der Waals surface area contributed by atoms with Gasteiger partial charge in [-0.1, -0.05) is 26.0 Å². The van der Waals surface area contributed by atoms with Crippen molar-refractivity contribution >= 4 is 23.1 Å². The Labute approximate surface area is 195 Å².